The standard InChI is InChI=1S/C13H21N3O/c1-10-15-9-12(16-10)7-8-14-13(17)11-5-3-2-4-6-11/h9,11H,2-8H2,1H3,(H,14,17)(H,15,16). The molecule has 94 valence electrons. The van der Waals surface area contributed by atoms with Gasteiger partial charge in [-0.2, -0.15) is 0 Å². The second kappa shape index (κ2) is 5.84. The van der Waals surface area contributed by atoms with Gasteiger partial charge in [-0.1, -0.05) is 19.3 Å². The predicted octanol–water partition coefficient (Wildman–Crippen LogP) is 1.96. The summed E-state index contributed by atoms with van der Waals surface area (Å²) in [5.74, 6) is 1.42. The third kappa shape index (κ3) is 3.58. The van der Waals surface area contributed by atoms with Gasteiger partial charge in [0.15, 0.2) is 0 Å². The van der Waals surface area contributed by atoms with Crippen molar-refractivity contribution in [3.63, 3.8) is 0 Å². The van der Waals surface area contributed by atoms with Gasteiger partial charge >= 0.3 is 0 Å². The fourth-order valence-corrected chi connectivity index (χ4v) is 2.43. The molecule has 1 saturated carbocycles. The molecule has 0 unspecified atom stereocenters. The van der Waals surface area contributed by atoms with Crippen LogP contribution in [0.2, 0.25) is 0 Å². The van der Waals surface area contributed by atoms with Crippen LogP contribution in [-0.4, -0.2) is 22.4 Å². The summed E-state index contributed by atoms with van der Waals surface area (Å²) >= 11 is 0. The van der Waals surface area contributed by atoms with E-state index in [9.17, 15) is 4.79 Å². The van der Waals surface area contributed by atoms with Crippen molar-refractivity contribution in [2.45, 2.75) is 45.4 Å². The zero-order chi connectivity index (χ0) is 12.1. The number of carbonyl (C=O) groups is 1. The number of aryl methyl sites for hydroxylation is 1. The van der Waals surface area contributed by atoms with E-state index in [4.69, 9.17) is 0 Å². The molecule has 0 aromatic carbocycles. The largest absolute Gasteiger partial charge is 0.355 e. The Bertz CT molecular complexity index is 366. The van der Waals surface area contributed by atoms with Crippen molar-refractivity contribution < 1.29 is 4.79 Å². The highest BCUT2D eigenvalue weighted by Gasteiger charge is 2.20. The normalized spacial score (nSPS) is 17.0. The molecule has 1 aromatic rings. The molecular formula is C13H21N3O. The Labute approximate surface area is 102 Å². The molecule has 4 nitrogen and oxygen atoms in total. The summed E-state index contributed by atoms with van der Waals surface area (Å²) in [6.07, 6.45) is 8.50. The second-order valence-electron chi connectivity index (χ2n) is 4.87. The third-order valence-electron chi connectivity index (χ3n) is 3.43. The molecule has 1 heterocycles. The number of H-pyrrole nitrogens is 1. The summed E-state index contributed by atoms with van der Waals surface area (Å²) in [4.78, 5) is 19.2. The summed E-state index contributed by atoms with van der Waals surface area (Å²) in [5, 5.41) is 3.02. The summed E-state index contributed by atoms with van der Waals surface area (Å²) in [7, 11) is 0. The minimum Gasteiger partial charge on any atom is -0.355 e. The molecule has 0 bridgehead atoms. The molecule has 2 N–H and O–H groups in total. The smallest absolute Gasteiger partial charge is 0.223 e. The molecule has 1 fully saturated rings. The first-order chi connectivity index (χ1) is 8.25. The van der Waals surface area contributed by atoms with E-state index in [1.807, 2.05) is 13.1 Å². The fraction of sp³-hybridized carbons (Fsp3) is 0.692. The highest BCUT2D eigenvalue weighted by atomic mass is 16.1. The maximum Gasteiger partial charge on any atom is 0.223 e. The van der Waals surface area contributed by atoms with Crippen molar-refractivity contribution in [1.82, 2.24) is 15.3 Å². The van der Waals surface area contributed by atoms with E-state index in [0.29, 0.717) is 6.54 Å². The van der Waals surface area contributed by atoms with Crippen LogP contribution in [0.3, 0.4) is 0 Å². The molecule has 0 radical (unpaired) electrons. The van der Waals surface area contributed by atoms with Crippen LogP contribution in [0, 0.1) is 12.8 Å². The zero-order valence-corrected chi connectivity index (χ0v) is 10.5. The zero-order valence-electron chi connectivity index (χ0n) is 10.5. The average molecular weight is 235 g/mol. The van der Waals surface area contributed by atoms with E-state index in [1.54, 1.807) is 0 Å². The highest BCUT2D eigenvalue weighted by molar-refractivity contribution is 5.78. The van der Waals surface area contributed by atoms with Gasteiger partial charge in [0.2, 0.25) is 5.91 Å². The summed E-state index contributed by atoms with van der Waals surface area (Å²) < 4.78 is 0. The van der Waals surface area contributed by atoms with Crippen molar-refractivity contribution in [1.29, 1.82) is 0 Å². The average Bonchev–Trinajstić information content (AvgIpc) is 2.76. The van der Waals surface area contributed by atoms with Gasteiger partial charge in [0.05, 0.1) is 0 Å². The Morgan fingerprint density at radius 1 is 1.47 bits per heavy atom. The minimum atomic E-state index is 0.237. The molecule has 1 aliphatic rings. The molecule has 0 saturated heterocycles. The number of aromatic amines is 1. The number of nitrogens with one attached hydrogen (secondary N) is 2. The van der Waals surface area contributed by atoms with Crippen molar-refractivity contribution >= 4 is 5.91 Å². The summed E-state index contributed by atoms with van der Waals surface area (Å²) in [5.41, 5.74) is 1.09. The Morgan fingerprint density at radius 3 is 2.88 bits per heavy atom. The lowest BCUT2D eigenvalue weighted by Crippen LogP contribution is -2.33. The Balaban J connectivity index is 1.69. The molecule has 0 spiro atoms. The quantitative estimate of drug-likeness (QED) is 0.838. The molecule has 17 heavy (non-hydrogen) atoms. The van der Waals surface area contributed by atoms with Crippen LogP contribution in [-0.2, 0) is 11.2 Å². The number of hydrogen-bond donors (Lipinski definition) is 2. The van der Waals surface area contributed by atoms with Crippen LogP contribution in [0.15, 0.2) is 6.20 Å². The molecular weight excluding hydrogens is 214 g/mol. The number of aromatic nitrogens is 2. The van der Waals surface area contributed by atoms with Gasteiger partial charge in [-0.25, -0.2) is 4.98 Å². The van der Waals surface area contributed by atoms with Gasteiger partial charge in [-0.05, 0) is 19.8 Å². The fourth-order valence-electron chi connectivity index (χ4n) is 2.43. The first-order valence-electron chi connectivity index (χ1n) is 6.54. The maximum atomic E-state index is 11.9. The lowest BCUT2D eigenvalue weighted by molar-refractivity contribution is -0.125. The molecule has 0 atom stereocenters. The summed E-state index contributed by atoms with van der Waals surface area (Å²) in [6.45, 7) is 2.64. The third-order valence-corrected chi connectivity index (χ3v) is 3.43. The topological polar surface area (TPSA) is 57.8 Å². The van der Waals surface area contributed by atoms with Gasteiger partial charge in [0.1, 0.15) is 5.82 Å². The Morgan fingerprint density at radius 2 is 2.24 bits per heavy atom. The second-order valence-corrected chi connectivity index (χ2v) is 4.87. The van der Waals surface area contributed by atoms with Crippen molar-refractivity contribution in [3.8, 4) is 0 Å². The van der Waals surface area contributed by atoms with Gasteiger partial charge in [0.25, 0.3) is 0 Å². The number of nitrogens with zero attached hydrogens (tertiary/aromatic N) is 1. The predicted molar refractivity (Wildman–Crippen MR) is 66.6 cm³/mol. The number of hydrogen-bond acceptors (Lipinski definition) is 2. The van der Waals surface area contributed by atoms with Gasteiger partial charge in [-0.3, -0.25) is 4.79 Å². The van der Waals surface area contributed by atoms with Crippen LogP contribution >= 0.6 is 0 Å². The van der Waals surface area contributed by atoms with Crippen LogP contribution in [0.1, 0.15) is 43.6 Å². The molecule has 1 aliphatic carbocycles. The van der Waals surface area contributed by atoms with E-state index in [1.165, 1.54) is 19.3 Å². The number of amides is 1. The molecule has 1 aromatic heterocycles. The SMILES string of the molecule is Cc1ncc(CCNC(=O)C2CCCCC2)[nH]1. The van der Waals surface area contributed by atoms with Crippen LogP contribution in [0.4, 0.5) is 0 Å². The highest BCUT2D eigenvalue weighted by Crippen LogP contribution is 2.23. The lowest BCUT2D eigenvalue weighted by atomic mass is 9.89. The number of carbonyl (C=O) groups excluding carboxylic acids is 1. The van der Waals surface area contributed by atoms with Gasteiger partial charge < -0.3 is 10.3 Å². The Hall–Kier alpha value is -1.32. The monoisotopic (exact) mass is 235 g/mol. The molecule has 1 amide bonds. The van der Waals surface area contributed by atoms with Crippen LogP contribution in [0.5, 0.6) is 0 Å². The van der Waals surface area contributed by atoms with E-state index in [-0.39, 0.29) is 11.8 Å². The van der Waals surface area contributed by atoms with Crippen molar-refractivity contribution in [2.75, 3.05) is 6.54 Å². The van der Waals surface area contributed by atoms with E-state index in [0.717, 1.165) is 30.8 Å². The summed E-state index contributed by atoms with van der Waals surface area (Å²) in [6, 6.07) is 0. The van der Waals surface area contributed by atoms with Crippen LogP contribution < -0.4 is 5.32 Å². The van der Waals surface area contributed by atoms with Gasteiger partial charge in [-0.15, -0.1) is 0 Å². The Kier molecular flexibility index (Phi) is 4.18. The lowest BCUT2D eigenvalue weighted by Gasteiger charge is -2.20. The maximum absolute atomic E-state index is 11.9. The van der Waals surface area contributed by atoms with E-state index in [2.05, 4.69) is 15.3 Å². The van der Waals surface area contributed by atoms with Crippen molar-refractivity contribution in [3.05, 3.63) is 17.7 Å². The van der Waals surface area contributed by atoms with E-state index < -0.39 is 0 Å². The van der Waals surface area contributed by atoms with Crippen molar-refractivity contribution in [2.24, 2.45) is 5.92 Å². The number of rotatable bonds is 4. The first kappa shape index (κ1) is 12.1. The molecule has 0 aliphatic heterocycles. The van der Waals surface area contributed by atoms with E-state index >= 15 is 0 Å². The van der Waals surface area contributed by atoms with Gasteiger partial charge in [0, 0.05) is 30.8 Å². The number of imidazole rings is 1. The molecule has 4 heteroatoms. The minimum absolute atomic E-state index is 0.237. The first-order valence-corrected chi connectivity index (χ1v) is 6.54. The molecule has 2 rings (SSSR count). The van der Waals surface area contributed by atoms with Crippen LogP contribution in [0.25, 0.3) is 0 Å².